The summed E-state index contributed by atoms with van der Waals surface area (Å²) in [6.45, 7) is 4.55. The van der Waals surface area contributed by atoms with Gasteiger partial charge in [-0.25, -0.2) is 9.59 Å². The SMILES string of the molecule is C=CCON1C(=O)N2C[C@H]1C[C@@H]2C(=O)OCc1ccccc1. The predicted octanol–water partition coefficient (Wildman–Crippen LogP) is 1.73. The molecule has 2 amide bonds. The smallest absolute Gasteiger partial charge is 0.345 e. The fourth-order valence-electron chi connectivity index (χ4n) is 2.82. The van der Waals surface area contributed by atoms with Crippen molar-refractivity contribution >= 4 is 12.0 Å². The van der Waals surface area contributed by atoms with E-state index < -0.39 is 6.04 Å². The summed E-state index contributed by atoms with van der Waals surface area (Å²) < 4.78 is 5.32. The lowest BCUT2D eigenvalue weighted by atomic mass is 10.1. The normalized spacial score (nSPS) is 23.0. The first-order valence-corrected chi connectivity index (χ1v) is 7.25. The van der Waals surface area contributed by atoms with Gasteiger partial charge < -0.3 is 9.64 Å². The minimum Gasteiger partial charge on any atom is -0.459 e. The summed E-state index contributed by atoms with van der Waals surface area (Å²) in [6, 6.07) is 8.59. The van der Waals surface area contributed by atoms with E-state index in [1.165, 1.54) is 9.96 Å². The van der Waals surface area contributed by atoms with Gasteiger partial charge in [-0.1, -0.05) is 36.4 Å². The topological polar surface area (TPSA) is 59.1 Å². The van der Waals surface area contributed by atoms with Crippen molar-refractivity contribution in [2.75, 3.05) is 13.2 Å². The van der Waals surface area contributed by atoms with Crippen LogP contribution in [0.5, 0.6) is 0 Å². The number of benzene rings is 1. The maximum absolute atomic E-state index is 12.2. The van der Waals surface area contributed by atoms with Crippen LogP contribution in [0, 0.1) is 0 Å². The Morgan fingerprint density at radius 3 is 2.82 bits per heavy atom. The van der Waals surface area contributed by atoms with Gasteiger partial charge in [-0.05, 0) is 5.56 Å². The van der Waals surface area contributed by atoms with Crippen LogP contribution < -0.4 is 0 Å². The molecular weight excluding hydrogens is 284 g/mol. The maximum atomic E-state index is 12.2. The first-order chi connectivity index (χ1) is 10.7. The second kappa shape index (κ2) is 6.19. The Hall–Kier alpha value is -2.34. The van der Waals surface area contributed by atoms with Gasteiger partial charge in [-0.2, -0.15) is 5.06 Å². The van der Waals surface area contributed by atoms with Crippen LogP contribution in [0.4, 0.5) is 4.79 Å². The molecule has 0 spiro atoms. The Kier molecular flexibility index (Phi) is 4.11. The van der Waals surface area contributed by atoms with Crippen LogP contribution in [0.2, 0.25) is 0 Å². The van der Waals surface area contributed by atoms with Crippen molar-refractivity contribution in [3.63, 3.8) is 0 Å². The van der Waals surface area contributed by atoms with Gasteiger partial charge in [0.15, 0.2) is 0 Å². The van der Waals surface area contributed by atoms with Gasteiger partial charge in [-0.15, -0.1) is 6.58 Å². The zero-order valence-corrected chi connectivity index (χ0v) is 12.2. The van der Waals surface area contributed by atoms with Crippen molar-refractivity contribution < 1.29 is 19.2 Å². The molecule has 22 heavy (non-hydrogen) atoms. The van der Waals surface area contributed by atoms with E-state index in [4.69, 9.17) is 9.57 Å². The number of carbonyl (C=O) groups excluding carboxylic acids is 2. The number of urea groups is 1. The average Bonchev–Trinajstić information content (AvgIpc) is 3.10. The maximum Gasteiger partial charge on any atom is 0.345 e. The minimum atomic E-state index is -0.509. The number of fused-ring (bicyclic) bond motifs is 2. The summed E-state index contributed by atoms with van der Waals surface area (Å²) >= 11 is 0. The highest BCUT2D eigenvalue weighted by Crippen LogP contribution is 2.32. The van der Waals surface area contributed by atoms with E-state index in [9.17, 15) is 9.59 Å². The van der Waals surface area contributed by atoms with Crippen LogP contribution in [-0.2, 0) is 21.0 Å². The molecule has 2 heterocycles. The minimum absolute atomic E-state index is 0.0956. The highest BCUT2D eigenvalue weighted by atomic mass is 16.7. The van der Waals surface area contributed by atoms with Crippen LogP contribution in [0.25, 0.3) is 0 Å². The number of carbonyl (C=O) groups is 2. The third-order valence-electron chi connectivity index (χ3n) is 3.87. The zero-order valence-electron chi connectivity index (χ0n) is 12.2. The monoisotopic (exact) mass is 302 g/mol. The molecule has 0 aliphatic carbocycles. The fraction of sp³-hybridized carbons (Fsp3) is 0.375. The quantitative estimate of drug-likeness (QED) is 0.593. The highest BCUT2D eigenvalue weighted by Gasteiger charge is 2.52. The zero-order chi connectivity index (χ0) is 15.5. The molecule has 2 aliphatic rings. The number of hydrogen-bond donors (Lipinski definition) is 0. The Bertz CT molecular complexity index is 575. The van der Waals surface area contributed by atoms with E-state index in [0.29, 0.717) is 13.0 Å². The lowest BCUT2D eigenvalue weighted by Crippen LogP contribution is -2.48. The van der Waals surface area contributed by atoms with Gasteiger partial charge in [0.25, 0.3) is 0 Å². The standard InChI is InChI=1S/C16H18N2O4/c1-2-8-22-18-13-9-14(17(10-13)16(18)20)15(19)21-11-12-6-4-3-5-7-12/h2-7,13-14H,1,8-11H2/t13-,14-/m1/s1. The number of rotatable bonds is 6. The Morgan fingerprint density at radius 2 is 2.14 bits per heavy atom. The van der Waals surface area contributed by atoms with E-state index in [1.54, 1.807) is 6.08 Å². The molecule has 0 N–H and O–H groups in total. The van der Waals surface area contributed by atoms with Crippen LogP contribution >= 0.6 is 0 Å². The van der Waals surface area contributed by atoms with Gasteiger partial charge in [0, 0.05) is 13.0 Å². The van der Waals surface area contributed by atoms with E-state index in [-0.39, 0.29) is 31.3 Å². The summed E-state index contributed by atoms with van der Waals surface area (Å²) in [6.07, 6.45) is 2.12. The van der Waals surface area contributed by atoms with Gasteiger partial charge in [-0.3, -0.25) is 4.84 Å². The molecule has 0 unspecified atom stereocenters. The first kappa shape index (κ1) is 14.6. The molecule has 2 aliphatic heterocycles. The summed E-state index contributed by atoms with van der Waals surface area (Å²) in [5.74, 6) is -0.358. The molecule has 116 valence electrons. The lowest BCUT2D eigenvalue weighted by Gasteiger charge is -2.29. The second-order valence-corrected chi connectivity index (χ2v) is 5.34. The number of amides is 2. The summed E-state index contributed by atoms with van der Waals surface area (Å²) in [7, 11) is 0. The third kappa shape index (κ3) is 2.69. The number of ether oxygens (including phenoxy) is 1. The molecule has 0 radical (unpaired) electrons. The van der Waals surface area contributed by atoms with Crippen LogP contribution in [0.3, 0.4) is 0 Å². The molecule has 2 atom stereocenters. The first-order valence-electron chi connectivity index (χ1n) is 7.25. The molecule has 3 rings (SSSR count). The fourth-order valence-corrected chi connectivity index (χ4v) is 2.82. The van der Waals surface area contributed by atoms with E-state index in [2.05, 4.69) is 6.58 Å². The number of esters is 1. The summed E-state index contributed by atoms with van der Waals surface area (Å²) in [5.41, 5.74) is 0.927. The molecule has 6 heteroatoms. The molecule has 1 aromatic rings. The van der Waals surface area contributed by atoms with Crippen LogP contribution in [0.15, 0.2) is 43.0 Å². The molecule has 6 nitrogen and oxygen atoms in total. The van der Waals surface area contributed by atoms with Crippen molar-refractivity contribution in [3.8, 4) is 0 Å². The second-order valence-electron chi connectivity index (χ2n) is 5.34. The number of nitrogens with zero attached hydrogens (tertiary/aromatic N) is 2. The van der Waals surface area contributed by atoms with Crippen molar-refractivity contribution in [1.29, 1.82) is 0 Å². The van der Waals surface area contributed by atoms with Gasteiger partial charge in [0.1, 0.15) is 12.6 Å². The van der Waals surface area contributed by atoms with Crippen LogP contribution in [0.1, 0.15) is 12.0 Å². The van der Waals surface area contributed by atoms with Crippen molar-refractivity contribution in [2.24, 2.45) is 0 Å². The van der Waals surface area contributed by atoms with Gasteiger partial charge in [0.05, 0.1) is 12.6 Å². The average molecular weight is 302 g/mol. The van der Waals surface area contributed by atoms with E-state index in [1.807, 2.05) is 30.3 Å². The molecule has 1 aromatic carbocycles. The van der Waals surface area contributed by atoms with Gasteiger partial charge >= 0.3 is 12.0 Å². The summed E-state index contributed by atoms with van der Waals surface area (Å²) in [5, 5.41) is 1.34. The molecule has 0 saturated carbocycles. The molecule has 2 saturated heterocycles. The largest absolute Gasteiger partial charge is 0.459 e. The van der Waals surface area contributed by atoms with Crippen molar-refractivity contribution in [3.05, 3.63) is 48.6 Å². The van der Waals surface area contributed by atoms with Gasteiger partial charge in [0.2, 0.25) is 0 Å². The lowest BCUT2D eigenvalue weighted by molar-refractivity contribution is -0.155. The third-order valence-corrected chi connectivity index (χ3v) is 3.87. The molecule has 2 fully saturated rings. The van der Waals surface area contributed by atoms with E-state index in [0.717, 1.165) is 5.56 Å². The Labute approximate surface area is 128 Å². The molecular formula is C16H18N2O4. The highest BCUT2D eigenvalue weighted by molar-refractivity contribution is 5.86. The number of hydroxylamine groups is 2. The summed E-state index contributed by atoms with van der Waals surface area (Å²) in [4.78, 5) is 31.2. The van der Waals surface area contributed by atoms with Crippen molar-refractivity contribution in [1.82, 2.24) is 9.96 Å². The number of hydrogen-bond acceptors (Lipinski definition) is 4. The Balaban J connectivity index is 1.55. The van der Waals surface area contributed by atoms with Crippen molar-refractivity contribution in [2.45, 2.75) is 25.1 Å². The molecule has 0 aromatic heterocycles. The van der Waals surface area contributed by atoms with E-state index >= 15 is 0 Å². The Morgan fingerprint density at radius 1 is 1.36 bits per heavy atom. The van der Waals surface area contributed by atoms with Crippen LogP contribution in [-0.4, -0.2) is 47.2 Å². The molecule has 2 bridgehead atoms. The predicted molar refractivity (Wildman–Crippen MR) is 78.5 cm³/mol.